The van der Waals surface area contributed by atoms with Crippen LogP contribution < -0.4 is 10.0 Å². The molecule has 1 aromatic rings. The lowest BCUT2D eigenvalue weighted by Gasteiger charge is -2.07. The van der Waals surface area contributed by atoms with E-state index in [2.05, 4.69) is 15.0 Å². The maximum atomic E-state index is 11.8. The molecule has 0 spiro atoms. The van der Waals surface area contributed by atoms with Crippen LogP contribution in [0.2, 0.25) is 0 Å². The summed E-state index contributed by atoms with van der Waals surface area (Å²) in [5.74, 6) is 0.165. The Kier molecular flexibility index (Phi) is 4.90. The minimum absolute atomic E-state index is 0.165. The van der Waals surface area contributed by atoms with Crippen LogP contribution in [0.4, 0.5) is 0 Å². The van der Waals surface area contributed by atoms with Gasteiger partial charge in [-0.25, -0.2) is 13.1 Å². The smallest absolute Gasteiger partial charge is 0.211 e. The fraction of sp³-hybridized carbons (Fsp3) is 0.615. The summed E-state index contributed by atoms with van der Waals surface area (Å²) in [6.07, 6.45) is 3.10. The Morgan fingerprint density at radius 2 is 2.16 bits per heavy atom. The number of nitrogens with one attached hydrogen (secondary N) is 2. The summed E-state index contributed by atoms with van der Waals surface area (Å²) >= 11 is 0. The number of aryl methyl sites for hydroxylation is 1. The van der Waals surface area contributed by atoms with Crippen molar-refractivity contribution >= 4 is 10.0 Å². The highest BCUT2D eigenvalue weighted by Crippen LogP contribution is 2.18. The Bertz CT molecular complexity index is 512. The molecule has 5 nitrogen and oxygen atoms in total. The van der Waals surface area contributed by atoms with E-state index < -0.39 is 10.0 Å². The topological polar surface area (TPSA) is 71.1 Å². The van der Waals surface area contributed by atoms with Gasteiger partial charge in [0.1, 0.15) is 0 Å². The molecule has 1 aliphatic carbocycles. The average molecular weight is 283 g/mol. The first-order valence-electron chi connectivity index (χ1n) is 6.68. The molecule has 1 heterocycles. The second-order valence-electron chi connectivity index (χ2n) is 4.99. The Hall–Kier alpha value is -0.980. The lowest BCUT2D eigenvalue weighted by Crippen LogP contribution is -2.28. The van der Waals surface area contributed by atoms with E-state index in [0.717, 1.165) is 17.9 Å². The van der Waals surface area contributed by atoms with Crippen molar-refractivity contribution in [3.05, 3.63) is 29.6 Å². The number of aromatic nitrogens is 1. The molecule has 106 valence electrons. The normalized spacial score (nSPS) is 15.6. The van der Waals surface area contributed by atoms with Gasteiger partial charge in [0.25, 0.3) is 0 Å². The zero-order chi connectivity index (χ0) is 13.7. The molecule has 19 heavy (non-hydrogen) atoms. The first kappa shape index (κ1) is 14.4. The van der Waals surface area contributed by atoms with Crippen molar-refractivity contribution < 1.29 is 8.42 Å². The number of sulfonamides is 1. The van der Waals surface area contributed by atoms with Gasteiger partial charge in [-0.15, -0.1) is 0 Å². The molecule has 1 fully saturated rings. The zero-order valence-corrected chi connectivity index (χ0v) is 12.0. The minimum Gasteiger partial charge on any atom is -0.314 e. The molecule has 0 unspecified atom stereocenters. The molecule has 0 saturated heterocycles. The molecular weight excluding hydrogens is 262 g/mol. The van der Waals surface area contributed by atoms with Gasteiger partial charge in [-0.1, -0.05) is 6.07 Å². The Morgan fingerprint density at radius 3 is 2.84 bits per heavy atom. The van der Waals surface area contributed by atoms with Crippen molar-refractivity contribution in [1.29, 1.82) is 0 Å². The van der Waals surface area contributed by atoms with E-state index in [1.807, 2.05) is 25.1 Å². The van der Waals surface area contributed by atoms with Crippen molar-refractivity contribution in [2.24, 2.45) is 0 Å². The number of nitrogens with zero attached hydrogens (tertiary/aromatic N) is 1. The summed E-state index contributed by atoms with van der Waals surface area (Å²) in [5, 5.41) is 3.31. The standard InChI is InChI=1S/C13H21N3O2S/c1-11-4-2-5-13(16-11)10-15-19(17,18)9-3-8-14-12-6-7-12/h2,4-5,12,14-15H,3,6-10H2,1H3. The fourth-order valence-electron chi connectivity index (χ4n) is 1.81. The van der Waals surface area contributed by atoms with Crippen molar-refractivity contribution in [2.45, 2.75) is 38.8 Å². The van der Waals surface area contributed by atoms with Gasteiger partial charge >= 0.3 is 0 Å². The molecule has 0 radical (unpaired) electrons. The Morgan fingerprint density at radius 1 is 1.37 bits per heavy atom. The number of hydrogen-bond donors (Lipinski definition) is 2. The molecule has 0 atom stereocenters. The summed E-state index contributed by atoms with van der Waals surface area (Å²) in [6, 6.07) is 6.23. The predicted molar refractivity (Wildman–Crippen MR) is 75.2 cm³/mol. The van der Waals surface area contributed by atoms with E-state index in [-0.39, 0.29) is 12.3 Å². The monoisotopic (exact) mass is 283 g/mol. The SMILES string of the molecule is Cc1cccc(CNS(=O)(=O)CCCNC2CC2)n1. The van der Waals surface area contributed by atoms with E-state index >= 15 is 0 Å². The van der Waals surface area contributed by atoms with E-state index in [1.165, 1.54) is 12.8 Å². The van der Waals surface area contributed by atoms with Crippen molar-refractivity contribution in [3.8, 4) is 0 Å². The summed E-state index contributed by atoms with van der Waals surface area (Å²) in [5.41, 5.74) is 1.64. The molecule has 2 rings (SSSR count). The lowest BCUT2D eigenvalue weighted by molar-refractivity contribution is 0.573. The molecule has 2 N–H and O–H groups in total. The van der Waals surface area contributed by atoms with E-state index in [9.17, 15) is 8.42 Å². The number of pyridine rings is 1. The second kappa shape index (κ2) is 6.45. The van der Waals surface area contributed by atoms with Gasteiger partial charge in [0, 0.05) is 11.7 Å². The third-order valence-electron chi connectivity index (χ3n) is 3.02. The van der Waals surface area contributed by atoms with Crippen LogP contribution in [0.3, 0.4) is 0 Å². The molecule has 0 amide bonds. The number of rotatable bonds is 8. The van der Waals surface area contributed by atoms with Crippen LogP contribution in [0.5, 0.6) is 0 Å². The van der Waals surface area contributed by atoms with Crippen LogP contribution in [0, 0.1) is 6.92 Å². The van der Waals surface area contributed by atoms with Crippen LogP contribution in [-0.4, -0.2) is 31.7 Å². The molecular formula is C13H21N3O2S. The maximum Gasteiger partial charge on any atom is 0.211 e. The van der Waals surface area contributed by atoms with Crippen LogP contribution in [0.1, 0.15) is 30.7 Å². The van der Waals surface area contributed by atoms with Gasteiger partial charge in [-0.05, 0) is 44.9 Å². The van der Waals surface area contributed by atoms with Crippen molar-refractivity contribution in [1.82, 2.24) is 15.0 Å². The Labute approximate surface area is 114 Å². The first-order chi connectivity index (χ1) is 9.05. The third-order valence-corrected chi connectivity index (χ3v) is 4.43. The largest absolute Gasteiger partial charge is 0.314 e. The predicted octanol–water partition coefficient (Wildman–Crippen LogP) is 0.952. The van der Waals surface area contributed by atoms with E-state index in [1.54, 1.807) is 0 Å². The summed E-state index contributed by atoms with van der Waals surface area (Å²) in [6.45, 7) is 2.93. The van der Waals surface area contributed by atoms with Gasteiger partial charge in [-0.2, -0.15) is 0 Å². The highest BCUT2D eigenvalue weighted by molar-refractivity contribution is 7.89. The van der Waals surface area contributed by atoms with Gasteiger partial charge in [-0.3, -0.25) is 4.98 Å². The van der Waals surface area contributed by atoms with Crippen molar-refractivity contribution in [3.63, 3.8) is 0 Å². The van der Waals surface area contributed by atoms with E-state index in [4.69, 9.17) is 0 Å². The molecule has 1 saturated carbocycles. The second-order valence-corrected chi connectivity index (χ2v) is 6.92. The van der Waals surface area contributed by atoms with Crippen LogP contribution in [-0.2, 0) is 16.6 Å². The highest BCUT2D eigenvalue weighted by Gasteiger charge is 2.20. The highest BCUT2D eigenvalue weighted by atomic mass is 32.2. The average Bonchev–Trinajstić information content (AvgIpc) is 3.17. The van der Waals surface area contributed by atoms with E-state index in [0.29, 0.717) is 12.5 Å². The van der Waals surface area contributed by atoms with Crippen molar-refractivity contribution in [2.75, 3.05) is 12.3 Å². The van der Waals surface area contributed by atoms with Crippen LogP contribution >= 0.6 is 0 Å². The van der Waals surface area contributed by atoms with Gasteiger partial charge in [0.05, 0.1) is 18.0 Å². The quantitative estimate of drug-likeness (QED) is 0.697. The molecule has 0 bridgehead atoms. The molecule has 1 aliphatic rings. The lowest BCUT2D eigenvalue weighted by atomic mass is 10.3. The Balaban J connectivity index is 1.70. The fourth-order valence-corrected chi connectivity index (χ4v) is 2.85. The summed E-state index contributed by atoms with van der Waals surface area (Å²) in [4.78, 5) is 4.26. The third kappa shape index (κ3) is 5.67. The van der Waals surface area contributed by atoms with Crippen LogP contribution in [0.25, 0.3) is 0 Å². The first-order valence-corrected chi connectivity index (χ1v) is 8.34. The molecule has 6 heteroatoms. The zero-order valence-electron chi connectivity index (χ0n) is 11.2. The maximum absolute atomic E-state index is 11.8. The summed E-state index contributed by atoms with van der Waals surface area (Å²) < 4.78 is 26.2. The van der Waals surface area contributed by atoms with Gasteiger partial charge < -0.3 is 5.32 Å². The minimum atomic E-state index is -3.20. The molecule has 0 aliphatic heterocycles. The van der Waals surface area contributed by atoms with Gasteiger partial charge in [0.15, 0.2) is 0 Å². The molecule has 0 aromatic carbocycles. The van der Waals surface area contributed by atoms with Gasteiger partial charge in [0.2, 0.25) is 10.0 Å². The number of hydrogen-bond acceptors (Lipinski definition) is 4. The molecule has 1 aromatic heterocycles. The van der Waals surface area contributed by atoms with Crippen LogP contribution in [0.15, 0.2) is 18.2 Å². The summed E-state index contributed by atoms with van der Waals surface area (Å²) in [7, 11) is -3.20.